The van der Waals surface area contributed by atoms with Gasteiger partial charge in [0.05, 0.1) is 18.2 Å². The molecule has 3 heterocycles. The Balaban J connectivity index is 1.62. The number of carbonyl (C=O) groups is 1. The van der Waals surface area contributed by atoms with Crippen LogP contribution in [0, 0.1) is 11.3 Å². The van der Waals surface area contributed by atoms with Gasteiger partial charge in [0.1, 0.15) is 6.10 Å². The largest absolute Gasteiger partial charge is 0.472 e. The lowest BCUT2D eigenvalue weighted by atomic mass is 10.3. The van der Waals surface area contributed by atoms with E-state index in [9.17, 15) is 4.79 Å². The Morgan fingerprint density at radius 1 is 1.50 bits per heavy atom. The molecular formula is C15H12BrN3O3. The number of ether oxygens (including phenoxy) is 1. The van der Waals surface area contributed by atoms with E-state index in [1.54, 1.807) is 29.2 Å². The molecule has 3 rings (SSSR count). The number of nitrogens with zero attached hydrogens (tertiary/aromatic N) is 3. The van der Waals surface area contributed by atoms with Crippen LogP contribution in [0.25, 0.3) is 0 Å². The average molecular weight is 362 g/mol. The number of rotatable bonds is 3. The van der Waals surface area contributed by atoms with Crippen LogP contribution in [0.4, 0.5) is 0 Å². The van der Waals surface area contributed by atoms with Crippen LogP contribution in [0.15, 0.2) is 39.5 Å². The van der Waals surface area contributed by atoms with E-state index < -0.39 is 0 Å². The minimum absolute atomic E-state index is 0.135. The summed E-state index contributed by atoms with van der Waals surface area (Å²) in [5.74, 6) is 0.548. The monoisotopic (exact) mass is 361 g/mol. The summed E-state index contributed by atoms with van der Waals surface area (Å²) in [4.78, 5) is 18.0. The third-order valence-electron chi connectivity index (χ3n) is 3.37. The first-order chi connectivity index (χ1) is 10.7. The van der Waals surface area contributed by atoms with E-state index in [2.05, 4.69) is 20.9 Å². The lowest BCUT2D eigenvalue weighted by Gasteiger charge is -2.15. The molecule has 1 fully saturated rings. The van der Waals surface area contributed by atoms with Gasteiger partial charge >= 0.3 is 0 Å². The van der Waals surface area contributed by atoms with Crippen LogP contribution in [-0.2, 0) is 0 Å². The highest BCUT2D eigenvalue weighted by Gasteiger charge is 2.30. The van der Waals surface area contributed by atoms with Gasteiger partial charge in [-0.05, 0) is 34.1 Å². The van der Waals surface area contributed by atoms with Gasteiger partial charge in [-0.25, -0.2) is 4.98 Å². The predicted molar refractivity (Wildman–Crippen MR) is 80.3 cm³/mol. The van der Waals surface area contributed by atoms with Gasteiger partial charge in [0.15, 0.2) is 10.4 Å². The van der Waals surface area contributed by atoms with Crippen molar-refractivity contribution in [2.24, 2.45) is 0 Å². The molecule has 0 aliphatic carbocycles. The minimum Gasteiger partial charge on any atom is -0.472 e. The standard InChI is InChI=1S/C15H12BrN3O3/c16-13-2-1-12(22-13)15(20)19-6-4-11(9-19)21-14-7-10(8-17)3-5-18-14/h1-3,5,7,11H,4,6,9H2. The topological polar surface area (TPSA) is 79.4 Å². The van der Waals surface area contributed by atoms with Crippen molar-refractivity contribution in [1.29, 1.82) is 5.26 Å². The van der Waals surface area contributed by atoms with Crippen molar-refractivity contribution in [3.05, 3.63) is 46.5 Å². The maximum absolute atomic E-state index is 12.3. The zero-order chi connectivity index (χ0) is 15.5. The Kier molecular flexibility index (Phi) is 4.11. The fourth-order valence-corrected chi connectivity index (χ4v) is 2.61. The van der Waals surface area contributed by atoms with E-state index >= 15 is 0 Å². The molecule has 1 atom stereocenters. The molecule has 1 amide bonds. The highest BCUT2D eigenvalue weighted by atomic mass is 79.9. The Hall–Kier alpha value is -2.33. The second-order valence-corrected chi connectivity index (χ2v) is 5.66. The summed E-state index contributed by atoms with van der Waals surface area (Å²) < 4.78 is 11.5. The molecule has 22 heavy (non-hydrogen) atoms. The summed E-state index contributed by atoms with van der Waals surface area (Å²) in [6.45, 7) is 1.06. The molecule has 0 radical (unpaired) electrons. The number of furan rings is 1. The zero-order valence-corrected chi connectivity index (χ0v) is 13.1. The molecule has 0 saturated carbocycles. The van der Waals surface area contributed by atoms with Crippen molar-refractivity contribution in [1.82, 2.24) is 9.88 Å². The maximum atomic E-state index is 12.3. The summed E-state index contributed by atoms with van der Waals surface area (Å²) in [5, 5.41) is 8.87. The molecule has 2 aromatic rings. The summed E-state index contributed by atoms with van der Waals surface area (Å²) in [6, 6.07) is 8.58. The van der Waals surface area contributed by atoms with Crippen LogP contribution in [0.3, 0.4) is 0 Å². The number of hydrogen-bond donors (Lipinski definition) is 0. The number of amides is 1. The predicted octanol–water partition coefficient (Wildman–Crippen LogP) is 2.60. The van der Waals surface area contributed by atoms with Crippen molar-refractivity contribution < 1.29 is 13.9 Å². The van der Waals surface area contributed by atoms with E-state index in [0.29, 0.717) is 41.4 Å². The number of halogens is 1. The molecule has 6 nitrogen and oxygen atoms in total. The highest BCUT2D eigenvalue weighted by molar-refractivity contribution is 9.10. The van der Waals surface area contributed by atoms with E-state index in [0.717, 1.165) is 0 Å². The Labute approximate surface area is 135 Å². The molecule has 0 spiro atoms. The summed E-state index contributed by atoms with van der Waals surface area (Å²) in [7, 11) is 0. The Morgan fingerprint density at radius 3 is 3.09 bits per heavy atom. The quantitative estimate of drug-likeness (QED) is 0.839. The van der Waals surface area contributed by atoms with Crippen LogP contribution in [-0.4, -0.2) is 35.0 Å². The second-order valence-electron chi connectivity index (χ2n) is 4.88. The van der Waals surface area contributed by atoms with E-state index in [4.69, 9.17) is 14.4 Å². The fraction of sp³-hybridized carbons (Fsp3) is 0.267. The number of pyridine rings is 1. The summed E-state index contributed by atoms with van der Waals surface area (Å²) in [5.41, 5.74) is 0.497. The molecule has 0 bridgehead atoms. The normalized spacial score (nSPS) is 17.3. The van der Waals surface area contributed by atoms with Gasteiger partial charge in [0, 0.05) is 25.2 Å². The molecule has 0 aromatic carbocycles. The summed E-state index contributed by atoms with van der Waals surface area (Å²) in [6.07, 6.45) is 2.11. The van der Waals surface area contributed by atoms with Crippen LogP contribution >= 0.6 is 15.9 Å². The minimum atomic E-state index is -0.157. The smallest absolute Gasteiger partial charge is 0.289 e. The molecule has 0 N–H and O–H groups in total. The molecule has 7 heteroatoms. The van der Waals surface area contributed by atoms with Crippen LogP contribution in [0.2, 0.25) is 0 Å². The zero-order valence-electron chi connectivity index (χ0n) is 11.5. The van der Waals surface area contributed by atoms with Crippen molar-refractivity contribution in [3.8, 4) is 11.9 Å². The first-order valence-corrected chi connectivity index (χ1v) is 7.52. The molecular weight excluding hydrogens is 350 g/mol. The van der Waals surface area contributed by atoms with Gasteiger partial charge < -0.3 is 14.1 Å². The summed E-state index contributed by atoms with van der Waals surface area (Å²) >= 11 is 3.18. The SMILES string of the molecule is N#Cc1ccnc(OC2CCN(C(=O)c3ccc(Br)o3)C2)c1. The van der Waals surface area contributed by atoms with Crippen molar-refractivity contribution in [3.63, 3.8) is 0 Å². The molecule has 1 aliphatic heterocycles. The van der Waals surface area contributed by atoms with Gasteiger partial charge in [0.2, 0.25) is 5.88 Å². The number of carbonyl (C=O) groups excluding carboxylic acids is 1. The Bertz CT molecular complexity index is 738. The van der Waals surface area contributed by atoms with E-state index in [1.807, 2.05) is 6.07 Å². The van der Waals surface area contributed by atoms with Crippen molar-refractivity contribution in [2.45, 2.75) is 12.5 Å². The van der Waals surface area contributed by atoms with Crippen molar-refractivity contribution >= 4 is 21.8 Å². The van der Waals surface area contributed by atoms with Gasteiger partial charge in [-0.15, -0.1) is 0 Å². The lowest BCUT2D eigenvalue weighted by Crippen LogP contribution is -2.30. The average Bonchev–Trinajstić information content (AvgIpc) is 3.16. The third kappa shape index (κ3) is 3.12. The van der Waals surface area contributed by atoms with Gasteiger partial charge in [-0.2, -0.15) is 5.26 Å². The lowest BCUT2D eigenvalue weighted by molar-refractivity contribution is 0.0738. The van der Waals surface area contributed by atoms with Gasteiger partial charge in [-0.3, -0.25) is 4.79 Å². The molecule has 112 valence electrons. The number of aromatic nitrogens is 1. The number of hydrogen-bond acceptors (Lipinski definition) is 5. The highest BCUT2D eigenvalue weighted by Crippen LogP contribution is 2.21. The Morgan fingerprint density at radius 2 is 2.36 bits per heavy atom. The molecule has 2 aromatic heterocycles. The first kappa shape index (κ1) is 14.6. The molecule has 1 aliphatic rings. The second kappa shape index (κ2) is 6.20. The third-order valence-corrected chi connectivity index (χ3v) is 3.79. The number of nitriles is 1. The maximum Gasteiger partial charge on any atom is 0.289 e. The van der Waals surface area contributed by atoms with E-state index in [-0.39, 0.29) is 12.0 Å². The van der Waals surface area contributed by atoms with Gasteiger partial charge in [0.25, 0.3) is 5.91 Å². The van der Waals surface area contributed by atoms with Crippen molar-refractivity contribution in [2.75, 3.05) is 13.1 Å². The molecule has 1 saturated heterocycles. The van der Waals surface area contributed by atoms with Gasteiger partial charge in [-0.1, -0.05) is 0 Å². The first-order valence-electron chi connectivity index (χ1n) is 6.73. The fourth-order valence-electron chi connectivity index (χ4n) is 2.31. The molecule has 1 unspecified atom stereocenters. The van der Waals surface area contributed by atoms with Crippen LogP contribution in [0.1, 0.15) is 22.5 Å². The number of likely N-dealkylation sites (tertiary alicyclic amines) is 1. The van der Waals surface area contributed by atoms with Crippen LogP contribution in [0.5, 0.6) is 5.88 Å². The van der Waals surface area contributed by atoms with E-state index in [1.165, 1.54) is 6.20 Å². The van der Waals surface area contributed by atoms with Crippen LogP contribution < -0.4 is 4.74 Å².